The lowest BCUT2D eigenvalue weighted by Crippen LogP contribution is -2.51. The number of fused-ring (bicyclic) bond motifs is 1. The van der Waals surface area contributed by atoms with Crippen molar-refractivity contribution in [3.8, 4) is 0 Å². The lowest BCUT2D eigenvalue weighted by Gasteiger charge is -2.40. The van der Waals surface area contributed by atoms with Gasteiger partial charge in [0.05, 0.1) is 37.5 Å². The number of morpholine rings is 1. The molecule has 1 aromatic carbocycles. The molecule has 0 saturated carbocycles. The Labute approximate surface area is 183 Å². The minimum Gasteiger partial charge on any atom is -0.393 e. The molecule has 1 N–H and O–H groups in total. The molecule has 9 heteroatoms. The third-order valence-electron chi connectivity index (χ3n) is 6.52. The number of hydrogen-bond acceptors (Lipinski definition) is 5. The quantitative estimate of drug-likeness (QED) is 0.616. The highest BCUT2D eigenvalue weighted by Gasteiger charge is 2.40. The molecular weight excluding hydrogens is 418 g/mol. The Hall–Kier alpha value is -3.04. The van der Waals surface area contributed by atoms with Gasteiger partial charge in [-0.25, -0.2) is 13.3 Å². The van der Waals surface area contributed by atoms with Crippen LogP contribution in [0.3, 0.4) is 0 Å². The Morgan fingerprint density at radius 2 is 2.12 bits per heavy atom. The molecule has 1 amide bonds. The molecule has 4 heterocycles. The summed E-state index contributed by atoms with van der Waals surface area (Å²) in [6.45, 7) is 1.40. The maximum absolute atomic E-state index is 14.5. The second-order valence-electron chi connectivity index (χ2n) is 8.37. The Kier molecular flexibility index (Phi) is 5.30. The van der Waals surface area contributed by atoms with Crippen molar-refractivity contribution in [2.24, 2.45) is 0 Å². The van der Waals surface area contributed by atoms with Crippen molar-refractivity contribution in [2.45, 2.75) is 24.5 Å². The summed E-state index contributed by atoms with van der Waals surface area (Å²) in [6.07, 6.45) is 5.78. The van der Waals surface area contributed by atoms with Gasteiger partial charge in [-0.05, 0) is 43.2 Å². The minimum absolute atomic E-state index is 0.222. The van der Waals surface area contributed by atoms with Crippen molar-refractivity contribution in [3.05, 3.63) is 65.5 Å². The highest BCUT2D eigenvalue weighted by molar-refractivity contribution is 5.66. The number of aliphatic hydroxyl groups is 1. The summed E-state index contributed by atoms with van der Waals surface area (Å²) in [5, 5.41) is 14.6. The van der Waals surface area contributed by atoms with Gasteiger partial charge in [0.1, 0.15) is 17.2 Å². The van der Waals surface area contributed by atoms with E-state index < -0.39 is 17.2 Å². The van der Waals surface area contributed by atoms with E-state index in [-0.39, 0.29) is 19.2 Å². The van der Waals surface area contributed by atoms with E-state index in [1.807, 2.05) is 12.1 Å². The minimum atomic E-state index is -1.07. The molecular formula is C23H24F2N4O3. The van der Waals surface area contributed by atoms with E-state index in [0.29, 0.717) is 30.8 Å². The van der Waals surface area contributed by atoms with Crippen LogP contribution in [-0.2, 0) is 15.1 Å². The van der Waals surface area contributed by atoms with Crippen LogP contribution >= 0.6 is 0 Å². The van der Waals surface area contributed by atoms with Gasteiger partial charge in [0.15, 0.2) is 0 Å². The highest BCUT2D eigenvalue weighted by atomic mass is 19.1. The molecule has 7 nitrogen and oxygen atoms in total. The van der Waals surface area contributed by atoms with Crippen molar-refractivity contribution in [1.82, 2.24) is 14.5 Å². The summed E-state index contributed by atoms with van der Waals surface area (Å²) in [5.41, 5.74) is 1.54. The summed E-state index contributed by atoms with van der Waals surface area (Å²) in [7, 11) is 0. The first kappa shape index (κ1) is 20.8. The zero-order valence-electron chi connectivity index (χ0n) is 17.5. The molecule has 2 aliphatic heterocycles. The van der Waals surface area contributed by atoms with Gasteiger partial charge >= 0.3 is 0 Å². The molecule has 2 saturated heterocycles. The van der Waals surface area contributed by atoms with Gasteiger partial charge in [0, 0.05) is 36.1 Å². The first-order valence-corrected chi connectivity index (χ1v) is 10.7. The van der Waals surface area contributed by atoms with E-state index in [9.17, 15) is 18.7 Å². The molecule has 5 rings (SSSR count). The van der Waals surface area contributed by atoms with Crippen LogP contribution in [0.5, 0.6) is 0 Å². The fraction of sp³-hybridized carbons (Fsp3) is 0.391. The molecule has 0 radical (unpaired) electrons. The Morgan fingerprint density at radius 1 is 1.25 bits per heavy atom. The Balaban J connectivity index is 1.55. The smallest absolute Gasteiger partial charge is 0.209 e. The van der Waals surface area contributed by atoms with Crippen molar-refractivity contribution in [3.63, 3.8) is 0 Å². The zero-order valence-corrected chi connectivity index (χ0v) is 17.5. The number of ether oxygens (including phenoxy) is 1. The first-order chi connectivity index (χ1) is 15.5. The number of rotatable bonds is 5. The third-order valence-corrected chi connectivity index (χ3v) is 6.52. The maximum atomic E-state index is 14.5. The van der Waals surface area contributed by atoms with Crippen LogP contribution in [0.2, 0.25) is 0 Å². The van der Waals surface area contributed by atoms with Crippen molar-refractivity contribution in [1.29, 1.82) is 0 Å². The van der Waals surface area contributed by atoms with Crippen molar-refractivity contribution < 1.29 is 23.4 Å². The number of aliphatic hydroxyl groups excluding tert-OH is 1. The molecule has 2 fully saturated rings. The molecule has 0 spiro atoms. The topological polar surface area (TPSA) is 70.3 Å². The predicted octanol–water partition coefficient (Wildman–Crippen LogP) is 2.63. The Bertz CT molecular complexity index is 1150. The van der Waals surface area contributed by atoms with Crippen LogP contribution in [0.4, 0.5) is 14.5 Å². The number of anilines is 1. The van der Waals surface area contributed by atoms with E-state index in [0.717, 1.165) is 36.5 Å². The number of halogens is 2. The highest BCUT2D eigenvalue weighted by Crippen LogP contribution is 2.39. The molecule has 2 aromatic heterocycles. The second-order valence-corrected chi connectivity index (χ2v) is 8.37. The van der Waals surface area contributed by atoms with E-state index in [1.54, 1.807) is 21.8 Å². The van der Waals surface area contributed by atoms with Gasteiger partial charge < -0.3 is 19.6 Å². The number of amides is 1. The summed E-state index contributed by atoms with van der Waals surface area (Å²) >= 11 is 0. The summed E-state index contributed by atoms with van der Waals surface area (Å²) in [4.78, 5) is 15.0. The van der Waals surface area contributed by atoms with Gasteiger partial charge in [0.2, 0.25) is 6.41 Å². The molecule has 1 unspecified atom stereocenters. The number of hydrogen-bond donors (Lipinski definition) is 1. The predicted molar refractivity (Wildman–Crippen MR) is 113 cm³/mol. The van der Waals surface area contributed by atoms with E-state index in [4.69, 9.17) is 4.74 Å². The van der Waals surface area contributed by atoms with Crippen LogP contribution in [0, 0.1) is 11.6 Å². The molecule has 2 atom stereocenters. The average molecular weight is 442 g/mol. The zero-order chi connectivity index (χ0) is 22.3. The van der Waals surface area contributed by atoms with Gasteiger partial charge in [-0.15, -0.1) is 0 Å². The monoisotopic (exact) mass is 442 g/mol. The second kappa shape index (κ2) is 8.14. The number of carbonyl (C=O) groups excluding carboxylic acids is 1. The van der Waals surface area contributed by atoms with Crippen molar-refractivity contribution >= 4 is 17.6 Å². The lowest BCUT2D eigenvalue weighted by atomic mass is 9.93. The lowest BCUT2D eigenvalue weighted by molar-refractivity contribution is -0.151. The largest absolute Gasteiger partial charge is 0.393 e. The van der Waals surface area contributed by atoms with E-state index >= 15 is 0 Å². The van der Waals surface area contributed by atoms with Gasteiger partial charge in [0.25, 0.3) is 0 Å². The standard InChI is InChI=1S/C23H24F2N4O3/c24-16-3-4-20(25)18(10-16)21-2-1-6-28(21)17-5-7-29-22(11-17)19(12-26-29)23(14-30)13-27(15-31)8-9-32-23/h3-5,7,10-12,15,21,30H,1-2,6,8-9,13-14H2/t21-,23?/m1/s1. The van der Waals surface area contributed by atoms with Crippen LogP contribution in [0.1, 0.15) is 30.0 Å². The fourth-order valence-electron chi connectivity index (χ4n) is 4.91. The van der Waals surface area contributed by atoms with Crippen LogP contribution in [0.15, 0.2) is 42.7 Å². The van der Waals surface area contributed by atoms with Gasteiger partial charge in [-0.3, -0.25) is 4.79 Å². The summed E-state index contributed by atoms with van der Waals surface area (Å²) < 4.78 is 36.0. The van der Waals surface area contributed by atoms with E-state index in [2.05, 4.69) is 10.00 Å². The van der Waals surface area contributed by atoms with Crippen LogP contribution in [0.25, 0.3) is 5.52 Å². The average Bonchev–Trinajstić information content (AvgIpc) is 3.47. The Morgan fingerprint density at radius 3 is 2.94 bits per heavy atom. The van der Waals surface area contributed by atoms with Gasteiger partial charge in [-0.2, -0.15) is 5.10 Å². The number of pyridine rings is 1. The number of carbonyl (C=O) groups is 1. The SMILES string of the molecule is O=CN1CCOC(CO)(c2cnn3ccc(N4CCC[C@@H]4c4cc(F)ccc4F)cc23)C1. The van der Waals surface area contributed by atoms with E-state index in [1.165, 1.54) is 12.1 Å². The molecule has 168 valence electrons. The molecule has 0 aliphatic carbocycles. The summed E-state index contributed by atoms with van der Waals surface area (Å²) in [5.74, 6) is -0.876. The normalized spacial score (nSPS) is 23.8. The molecule has 3 aromatic rings. The molecule has 2 aliphatic rings. The third kappa shape index (κ3) is 3.41. The summed E-state index contributed by atoms with van der Waals surface area (Å²) in [6, 6.07) is 7.12. The van der Waals surface area contributed by atoms with Gasteiger partial charge in [-0.1, -0.05) is 0 Å². The maximum Gasteiger partial charge on any atom is 0.209 e. The number of aromatic nitrogens is 2. The fourth-order valence-corrected chi connectivity index (χ4v) is 4.91. The molecule has 0 bridgehead atoms. The molecule has 32 heavy (non-hydrogen) atoms. The first-order valence-electron chi connectivity index (χ1n) is 10.7. The number of nitrogens with zero attached hydrogens (tertiary/aromatic N) is 4. The number of benzene rings is 1. The van der Waals surface area contributed by atoms with Crippen LogP contribution in [-0.4, -0.2) is 58.9 Å². The van der Waals surface area contributed by atoms with Crippen LogP contribution < -0.4 is 4.90 Å². The van der Waals surface area contributed by atoms with Crippen molar-refractivity contribution in [2.75, 3.05) is 37.7 Å².